The first-order valence-electron chi connectivity index (χ1n) is 12.7. The molecule has 1 radical (unpaired) electrons. The molecule has 1 aliphatic rings. The van der Waals surface area contributed by atoms with E-state index in [4.69, 9.17) is 9.47 Å². The first kappa shape index (κ1) is 26.3. The van der Waals surface area contributed by atoms with Crippen molar-refractivity contribution >= 4 is 6.16 Å². The van der Waals surface area contributed by atoms with Gasteiger partial charge in [0.25, 0.3) is 0 Å². The van der Waals surface area contributed by atoms with Gasteiger partial charge in [0.15, 0.2) is 0 Å². The Kier molecular flexibility index (Phi) is 17.4. The zero-order valence-electron chi connectivity index (χ0n) is 19.5. The molecule has 0 saturated carbocycles. The summed E-state index contributed by atoms with van der Waals surface area (Å²) in [6.07, 6.45) is 21.9. The summed E-state index contributed by atoms with van der Waals surface area (Å²) in [7, 11) is 0. The molecule has 171 valence electrons. The van der Waals surface area contributed by atoms with Gasteiger partial charge in [-0.05, 0) is 13.0 Å². The van der Waals surface area contributed by atoms with Crippen LogP contribution in [-0.4, -0.2) is 36.9 Å². The molecule has 0 N–H and O–H groups in total. The Morgan fingerprint density at radius 3 is 1.72 bits per heavy atom. The number of rotatable bonds is 19. The Hall–Kier alpha value is -0.770. The van der Waals surface area contributed by atoms with Crippen LogP contribution in [0.3, 0.4) is 0 Å². The fourth-order valence-corrected chi connectivity index (χ4v) is 4.00. The second kappa shape index (κ2) is 19.2. The molecule has 1 fully saturated rings. The Morgan fingerprint density at radius 2 is 1.28 bits per heavy atom. The molecule has 0 aromatic rings. The highest BCUT2D eigenvalue weighted by atomic mass is 16.7. The predicted molar refractivity (Wildman–Crippen MR) is 122 cm³/mol. The third-order valence-electron chi connectivity index (χ3n) is 5.95. The van der Waals surface area contributed by atoms with Gasteiger partial charge in [-0.25, -0.2) is 4.79 Å². The van der Waals surface area contributed by atoms with Gasteiger partial charge in [-0.1, -0.05) is 110 Å². The lowest BCUT2D eigenvalue weighted by molar-refractivity contribution is 0.0257. The minimum absolute atomic E-state index is 0.0340. The van der Waals surface area contributed by atoms with Gasteiger partial charge in [0.2, 0.25) is 0 Å². The number of carbonyl (C=O) groups excluding carboxylic acids is 1. The number of likely N-dealkylation sites (N-methyl/N-ethyl adjacent to an activating group) is 1. The van der Waals surface area contributed by atoms with Crippen molar-refractivity contribution in [3.05, 3.63) is 6.54 Å². The quantitative estimate of drug-likeness (QED) is 0.162. The molecule has 1 rings (SSSR count). The topological polar surface area (TPSA) is 38.8 Å². The van der Waals surface area contributed by atoms with E-state index in [1.165, 1.54) is 89.9 Å². The fourth-order valence-electron chi connectivity index (χ4n) is 4.00. The first-order chi connectivity index (χ1) is 14.3. The minimum Gasteiger partial charge on any atom is -0.434 e. The van der Waals surface area contributed by atoms with Gasteiger partial charge in [0.05, 0.1) is 6.61 Å². The van der Waals surface area contributed by atoms with Crippen LogP contribution in [0.5, 0.6) is 0 Å². The molecule has 1 aliphatic heterocycles. The van der Waals surface area contributed by atoms with Crippen molar-refractivity contribution in [2.24, 2.45) is 0 Å². The normalized spacial score (nSPS) is 17.0. The van der Waals surface area contributed by atoms with E-state index in [2.05, 4.69) is 25.3 Å². The number of nitrogens with zero attached hydrogens (tertiary/aromatic N) is 1. The Bertz CT molecular complexity index is 375. The summed E-state index contributed by atoms with van der Waals surface area (Å²) in [6, 6.07) is 0. The van der Waals surface area contributed by atoms with Crippen LogP contribution in [0.1, 0.15) is 123 Å². The van der Waals surface area contributed by atoms with E-state index in [1.807, 2.05) is 0 Å². The van der Waals surface area contributed by atoms with Crippen molar-refractivity contribution in [2.45, 2.75) is 129 Å². The standard InChI is InChI=1S/C25H48NO3/c1-3-5-6-7-8-9-10-11-12-13-14-15-16-17-18-19-22-28-25(27)29-24-20-21-26(4-2)23-24/h21,24H,3-20,22-23H2,1-2H3. The van der Waals surface area contributed by atoms with Crippen LogP contribution in [0.4, 0.5) is 4.79 Å². The van der Waals surface area contributed by atoms with E-state index < -0.39 is 6.16 Å². The molecule has 4 heteroatoms. The lowest BCUT2D eigenvalue weighted by Gasteiger charge is -2.13. The van der Waals surface area contributed by atoms with Gasteiger partial charge >= 0.3 is 6.16 Å². The number of ether oxygens (including phenoxy) is 2. The Morgan fingerprint density at radius 1 is 0.793 bits per heavy atom. The highest BCUT2D eigenvalue weighted by molar-refractivity contribution is 5.60. The molecule has 0 spiro atoms. The molecule has 1 heterocycles. The molecule has 29 heavy (non-hydrogen) atoms. The molecule has 1 atom stereocenters. The molecule has 1 saturated heterocycles. The molecule has 0 amide bonds. The number of likely N-dealkylation sites (tertiary alicyclic amines) is 1. The van der Waals surface area contributed by atoms with Crippen LogP contribution in [0, 0.1) is 6.54 Å². The van der Waals surface area contributed by atoms with Crippen molar-refractivity contribution in [2.75, 3.05) is 19.7 Å². The van der Waals surface area contributed by atoms with E-state index in [0.717, 1.165) is 32.4 Å². The summed E-state index contributed by atoms with van der Waals surface area (Å²) < 4.78 is 10.5. The molecule has 0 aromatic carbocycles. The van der Waals surface area contributed by atoms with Crippen LogP contribution < -0.4 is 0 Å². The molecule has 4 nitrogen and oxygen atoms in total. The van der Waals surface area contributed by atoms with E-state index in [0.29, 0.717) is 6.61 Å². The van der Waals surface area contributed by atoms with Gasteiger partial charge in [0, 0.05) is 19.5 Å². The van der Waals surface area contributed by atoms with Crippen LogP contribution in [0.15, 0.2) is 0 Å². The second-order valence-corrected chi connectivity index (χ2v) is 8.65. The van der Waals surface area contributed by atoms with E-state index in [1.54, 1.807) is 0 Å². The maximum absolute atomic E-state index is 11.7. The SMILES string of the molecule is CCCCCCCCCCCCCCCCCCOC(=O)OC1C[CH]N(CC)C1. The number of carbonyl (C=O) groups is 1. The van der Waals surface area contributed by atoms with Crippen molar-refractivity contribution in [1.29, 1.82) is 0 Å². The Balaban J connectivity index is 1.73. The van der Waals surface area contributed by atoms with Gasteiger partial charge < -0.3 is 9.47 Å². The lowest BCUT2D eigenvalue weighted by atomic mass is 10.0. The summed E-state index contributed by atoms with van der Waals surface area (Å²) in [5.74, 6) is 0. The minimum atomic E-state index is -0.498. The zero-order chi connectivity index (χ0) is 21.0. The van der Waals surface area contributed by atoms with E-state index >= 15 is 0 Å². The van der Waals surface area contributed by atoms with Crippen molar-refractivity contribution in [3.63, 3.8) is 0 Å². The average Bonchev–Trinajstić information content (AvgIpc) is 3.17. The molecular formula is C25H48NO3. The smallest absolute Gasteiger partial charge is 0.434 e. The monoisotopic (exact) mass is 410 g/mol. The number of hydrogen-bond donors (Lipinski definition) is 0. The van der Waals surface area contributed by atoms with Crippen LogP contribution >= 0.6 is 0 Å². The second-order valence-electron chi connectivity index (χ2n) is 8.65. The third-order valence-corrected chi connectivity index (χ3v) is 5.95. The van der Waals surface area contributed by atoms with Crippen molar-refractivity contribution in [3.8, 4) is 0 Å². The molecule has 0 aliphatic carbocycles. The van der Waals surface area contributed by atoms with Gasteiger partial charge in [0.1, 0.15) is 6.10 Å². The highest BCUT2D eigenvalue weighted by Crippen LogP contribution is 2.17. The van der Waals surface area contributed by atoms with Crippen LogP contribution in [0.25, 0.3) is 0 Å². The molecule has 0 bridgehead atoms. The number of hydrogen-bond acceptors (Lipinski definition) is 4. The maximum Gasteiger partial charge on any atom is 0.508 e. The van der Waals surface area contributed by atoms with Gasteiger partial charge in [-0.2, -0.15) is 0 Å². The number of unbranched alkanes of at least 4 members (excludes halogenated alkanes) is 15. The lowest BCUT2D eigenvalue weighted by Crippen LogP contribution is -2.24. The van der Waals surface area contributed by atoms with Crippen LogP contribution in [-0.2, 0) is 9.47 Å². The largest absolute Gasteiger partial charge is 0.508 e. The third kappa shape index (κ3) is 15.7. The molecule has 0 aromatic heterocycles. The highest BCUT2D eigenvalue weighted by Gasteiger charge is 2.25. The van der Waals surface area contributed by atoms with Gasteiger partial charge in [-0.15, -0.1) is 0 Å². The molecular weight excluding hydrogens is 362 g/mol. The van der Waals surface area contributed by atoms with Crippen molar-refractivity contribution < 1.29 is 14.3 Å². The summed E-state index contributed by atoms with van der Waals surface area (Å²) in [5, 5.41) is 0. The van der Waals surface area contributed by atoms with Crippen molar-refractivity contribution in [1.82, 2.24) is 4.90 Å². The fraction of sp³-hybridized carbons (Fsp3) is 0.920. The predicted octanol–water partition coefficient (Wildman–Crippen LogP) is 7.66. The van der Waals surface area contributed by atoms with Crippen LogP contribution in [0.2, 0.25) is 0 Å². The Labute approximate surface area is 181 Å². The molecule has 1 unspecified atom stereocenters. The van der Waals surface area contributed by atoms with E-state index in [9.17, 15) is 4.79 Å². The summed E-state index contributed by atoms with van der Waals surface area (Å²) >= 11 is 0. The summed E-state index contributed by atoms with van der Waals surface area (Å²) in [5.41, 5.74) is 0. The average molecular weight is 411 g/mol. The zero-order valence-corrected chi connectivity index (χ0v) is 19.5. The summed E-state index contributed by atoms with van der Waals surface area (Å²) in [4.78, 5) is 13.9. The van der Waals surface area contributed by atoms with E-state index in [-0.39, 0.29) is 6.10 Å². The first-order valence-corrected chi connectivity index (χ1v) is 12.7. The summed E-state index contributed by atoms with van der Waals surface area (Å²) in [6.45, 7) is 8.75. The van der Waals surface area contributed by atoms with Gasteiger partial charge in [-0.3, -0.25) is 4.90 Å². The maximum atomic E-state index is 11.7.